The first-order valence-corrected chi connectivity index (χ1v) is 6.04. The van der Waals surface area contributed by atoms with E-state index in [2.05, 4.69) is 10.6 Å². The predicted molar refractivity (Wildman–Crippen MR) is 72.1 cm³/mol. The molecule has 0 aliphatic rings. The van der Waals surface area contributed by atoms with Crippen molar-refractivity contribution in [2.45, 2.75) is 46.2 Å². The molecule has 1 aromatic carbocycles. The van der Waals surface area contributed by atoms with Crippen LogP contribution in [0.2, 0.25) is 0 Å². The number of hydrogen-bond donors (Lipinski definition) is 2. The lowest BCUT2D eigenvalue weighted by molar-refractivity contribution is -0.122. The summed E-state index contributed by atoms with van der Waals surface area (Å²) in [5.41, 5.74) is 1.01. The molecule has 0 heterocycles. The van der Waals surface area contributed by atoms with E-state index in [1.807, 2.05) is 27.7 Å². The number of anilines is 1. The van der Waals surface area contributed by atoms with Gasteiger partial charge in [-0.25, -0.2) is 4.39 Å². The van der Waals surface area contributed by atoms with Crippen LogP contribution >= 0.6 is 0 Å². The number of carbonyl (C=O) groups is 1. The monoisotopic (exact) mass is 252 g/mol. The number of halogens is 1. The molecule has 0 saturated carbocycles. The summed E-state index contributed by atoms with van der Waals surface area (Å²) >= 11 is 0. The summed E-state index contributed by atoms with van der Waals surface area (Å²) in [6.45, 7) is 9.31. The minimum Gasteiger partial charge on any atom is -0.372 e. The Labute approximate surface area is 108 Å². The molecule has 1 unspecified atom stereocenters. The van der Waals surface area contributed by atoms with Crippen LogP contribution in [-0.2, 0) is 4.79 Å². The van der Waals surface area contributed by atoms with E-state index in [-0.39, 0.29) is 17.3 Å². The number of rotatable bonds is 3. The Hall–Kier alpha value is -1.58. The Kier molecular flexibility index (Phi) is 4.33. The molecule has 1 atom stereocenters. The summed E-state index contributed by atoms with van der Waals surface area (Å²) in [5, 5.41) is 5.74. The van der Waals surface area contributed by atoms with E-state index in [1.165, 1.54) is 6.07 Å². The molecule has 0 aliphatic heterocycles. The molecule has 0 aromatic heterocycles. The summed E-state index contributed by atoms with van der Waals surface area (Å²) in [7, 11) is 0. The average molecular weight is 252 g/mol. The first-order valence-electron chi connectivity index (χ1n) is 6.04. The van der Waals surface area contributed by atoms with Crippen LogP contribution in [0.25, 0.3) is 0 Å². The second-order valence-corrected chi connectivity index (χ2v) is 5.59. The third-order valence-electron chi connectivity index (χ3n) is 2.39. The van der Waals surface area contributed by atoms with Gasteiger partial charge in [-0.05, 0) is 52.3 Å². The number of nitrogens with one attached hydrogen (secondary N) is 2. The lowest BCUT2D eigenvalue weighted by atomic mass is 10.1. The fourth-order valence-corrected chi connectivity index (χ4v) is 1.53. The normalized spacial score (nSPS) is 13.0. The van der Waals surface area contributed by atoms with Crippen molar-refractivity contribution < 1.29 is 9.18 Å². The van der Waals surface area contributed by atoms with Gasteiger partial charge in [-0.3, -0.25) is 4.79 Å². The second-order valence-electron chi connectivity index (χ2n) is 5.59. The molecule has 1 rings (SSSR count). The number of aryl methyl sites for hydroxylation is 1. The van der Waals surface area contributed by atoms with Crippen LogP contribution in [-0.4, -0.2) is 17.5 Å². The molecule has 3 nitrogen and oxygen atoms in total. The Morgan fingerprint density at radius 2 is 1.94 bits per heavy atom. The van der Waals surface area contributed by atoms with Gasteiger partial charge in [0, 0.05) is 5.54 Å². The molecule has 0 radical (unpaired) electrons. The first-order chi connectivity index (χ1) is 8.19. The number of carbonyl (C=O) groups excluding carboxylic acids is 1. The van der Waals surface area contributed by atoms with Crippen LogP contribution in [0.1, 0.15) is 33.3 Å². The molecular weight excluding hydrogens is 231 g/mol. The molecule has 0 aliphatic carbocycles. The van der Waals surface area contributed by atoms with Gasteiger partial charge >= 0.3 is 0 Å². The minimum atomic E-state index is -0.486. The second kappa shape index (κ2) is 5.38. The highest BCUT2D eigenvalue weighted by Crippen LogP contribution is 2.16. The summed E-state index contributed by atoms with van der Waals surface area (Å²) in [4.78, 5) is 11.9. The van der Waals surface area contributed by atoms with E-state index in [1.54, 1.807) is 19.1 Å². The average Bonchev–Trinajstić information content (AvgIpc) is 2.21. The summed E-state index contributed by atoms with van der Waals surface area (Å²) in [6, 6.07) is 4.29. The summed E-state index contributed by atoms with van der Waals surface area (Å²) < 4.78 is 13.5. The van der Waals surface area contributed by atoms with Crippen LogP contribution in [0.15, 0.2) is 18.2 Å². The van der Waals surface area contributed by atoms with Crippen LogP contribution < -0.4 is 10.6 Å². The van der Waals surface area contributed by atoms with E-state index in [0.717, 1.165) is 5.56 Å². The molecule has 0 saturated heterocycles. The van der Waals surface area contributed by atoms with E-state index in [4.69, 9.17) is 0 Å². The van der Waals surface area contributed by atoms with E-state index in [9.17, 15) is 9.18 Å². The van der Waals surface area contributed by atoms with Crippen molar-refractivity contribution >= 4 is 11.6 Å². The quantitative estimate of drug-likeness (QED) is 0.868. The van der Waals surface area contributed by atoms with Gasteiger partial charge in [-0.1, -0.05) is 6.07 Å². The van der Waals surface area contributed by atoms with Gasteiger partial charge in [0.25, 0.3) is 0 Å². The molecule has 18 heavy (non-hydrogen) atoms. The van der Waals surface area contributed by atoms with Crippen molar-refractivity contribution in [3.8, 4) is 0 Å². The van der Waals surface area contributed by atoms with Gasteiger partial charge < -0.3 is 10.6 Å². The maximum absolute atomic E-state index is 13.5. The highest BCUT2D eigenvalue weighted by Gasteiger charge is 2.19. The Morgan fingerprint density at radius 1 is 1.33 bits per heavy atom. The molecule has 1 amide bonds. The number of benzene rings is 1. The van der Waals surface area contributed by atoms with E-state index in [0.29, 0.717) is 5.69 Å². The summed E-state index contributed by atoms with van der Waals surface area (Å²) in [6.07, 6.45) is 0. The van der Waals surface area contributed by atoms with Gasteiger partial charge in [0.1, 0.15) is 11.9 Å². The van der Waals surface area contributed by atoms with Crippen LogP contribution in [0, 0.1) is 12.7 Å². The van der Waals surface area contributed by atoms with Crippen molar-refractivity contribution in [1.29, 1.82) is 0 Å². The maximum atomic E-state index is 13.5. The fourth-order valence-electron chi connectivity index (χ4n) is 1.53. The van der Waals surface area contributed by atoms with Crippen LogP contribution in [0.5, 0.6) is 0 Å². The molecule has 0 spiro atoms. The smallest absolute Gasteiger partial charge is 0.242 e. The largest absolute Gasteiger partial charge is 0.372 e. The van der Waals surface area contributed by atoms with Crippen LogP contribution in [0.4, 0.5) is 10.1 Å². The SMILES string of the molecule is Cc1ccc(F)c(NC(C)C(=O)NC(C)(C)C)c1. The Morgan fingerprint density at radius 3 is 2.50 bits per heavy atom. The van der Waals surface area contributed by atoms with Crippen molar-refractivity contribution in [3.05, 3.63) is 29.6 Å². The topological polar surface area (TPSA) is 41.1 Å². The van der Waals surface area contributed by atoms with E-state index < -0.39 is 6.04 Å². The molecule has 0 fully saturated rings. The van der Waals surface area contributed by atoms with Crippen LogP contribution in [0.3, 0.4) is 0 Å². The number of amides is 1. The van der Waals surface area contributed by atoms with Crippen molar-refractivity contribution in [1.82, 2.24) is 5.32 Å². The maximum Gasteiger partial charge on any atom is 0.242 e. The molecule has 2 N–H and O–H groups in total. The lowest BCUT2D eigenvalue weighted by Gasteiger charge is -2.24. The molecule has 0 bridgehead atoms. The van der Waals surface area contributed by atoms with Gasteiger partial charge in [0.2, 0.25) is 5.91 Å². The van der Waals surface area contributed by atoms with Gasteiger partial charge in [-0.2, -0.15) is 0 Å². The zero-order chi connectivity index (χ0) is 13.9. The molecule has 4 heteroatoms. The van der Waals surface area contributed by atoms with Crippen molar-refractivity contribution in [3.63, 3.8) is 0 Å². The highest BCUT2D eigenvalue weighted by molar-refractivity contribution is 5.84. The minimum absolute atomic E-state index is 0.150. The van der Waals surface area contributed by atoms with Gasteiger partial charge in [0.15, 0.2) is 0 Å². The third-order valence-corrected chi connectivity index (χ3v) is 2.39. The standard InChI is InChI=1S/C14H21FN2O/c1-9-6-7-11(15)12(8-9)16-10(2)13(18)17-14(3,4)5/h6-8,10,16H,1-5H3,(H,17,18). The van der Waals surface area contributed by atoms with Crippen molar-refractivity contribution in [2.24, 2.45) is 0 Å². The summed E-state index contributed by atoms with van der Waals surface area (Å²) in [5.74, 6) is -0.501. The molecular formula is C14H21FN2O. The Bertz CT molecular complexity index is 438. The lowest BCUT2D eigenvalue weighted by Crippen LogP contribution is -2.47. The fraction of sp³-hybridized carbons (Fsp3) is 0.500. The third kappa shape index (κ3) is 4.35. The number of hydrogen-bond acceptors (Lipinski definition) is 2. The first kappa shape index (κ1) is 14.5. The van der Waals surface area contributed by atoms with Gasteiger partial charge in [0.05, 0.1) is 5.69 Å². The zero-order valence-electron chi connectivity index (χ0n) is 11.6. The van der Waals surface area contributed by atoms with E-state index >= 15 is 0 Å². The zero-order valence-corrected chi connectivity index (χ0v) is 11.6. The molecule has 1 aromatic rings. The Balaban J connectivity index is 2.72. The highest BCUT2D eigenvalue weighted by atomic mass is 19.1. The predicted octanol–water partition coefficient (Wildman–Crippen LogP) is 2.85. The van der Waals surface area contributed by atoms with Gasteiger partial charge in [-0.15, -0.1) is 0 Å². The molecule has 100 valence electrons. The van der Waals surface area contributed by atoms with Crippen molar-refractivity contribution in [2.75, 3.05) is 5.32 Å².